The van der Waals surface area contributed by atoms with Gasteiger partial charge in [0.2, 0.25) is 5.91 Å². The molecule has 4 heteroatoms. The van der Waals surface area contributed by atoms with Crippen molar-refractivity contribution in [2.24, 2.45) is 5.92 Å². The lowest BCUT2D eigenvalue weighted by molar-refractivity contribution is -0.132. The Morgan fingerprint density at radius 3 is 2.70 bits per heavy atom. The predicted molar refractivity (Wildman–Crippen MR) is 84.4 cm³/mol. The summed E-state index contributed by atoms with van der Waals surface area (Å²) in [5.41, 5.74) is 1.18. The van der Waals surface area contributed by atoms with Gasteiger partial charge in [-0.25, -0.2) is 0 Å². The first-order valence-electron chi connectivity index (χ1n) is 7.15. The van der Waals surface area contributed by atoms with Gasteiger partial charge in [0.05, 0.1) is 7.11 Å². The zero-order chi connectivity index (χ0) is 14.5. The van der Waals surface area contributed by atoms with Crippen molar-refractivity contribution in [2.75, 3.05) is 20.2 Å². The Hall–Kier alpha value is -1.03. The molecular formula is C16H22BrNO2. The van der Waals surface area contributed by atoms with Crippen LogP contribution in [0.1, 0.15) is 25.3 Å². The van der Waals surface area contributed by atoms with Gasteiger partial charge in [0.25, 0.3) is 0 Å². The lowest BCUT2D eigenvalue weighted by Crippen LogP contribution is -2.43. The highest BCUT2D eigenvalue weighted by Crippen LogP contribution is 2.24. The number of carbonyl (C=O) groups is 1. The number of piperidine rings is 1. The molecule has 1 aliphatic rings. The molecule has 1 fully saturated rings. The zero-order valence-corrected chi connectivity index (χ0v) is 13.7. The third-order valence-electron chi connectivity index (χ3n) is 4.01. The lowest BCUT2D eigenvalue weighted by Gasteiger charge is -2.34. The Balaban J connectivity index is 1.82. The largest absolute Gasteiger partial charge is 0.497 e. The molecule has 20 heavy (non-hydrogen) atoms. The number of likely N-dealkylation sites (tertiary alicyclic amines) is 1. The number of hydrogen-bond donors (Lipinski definition) is 0. The molecule has 0 radical (unpaired) electrons. The minimum absolute atomic E-state index is 0.261. The minimum Gasteiger partial charge on any atom is -0.497 e. The van der Waals surface area contributed by atoms with Crippen LogP contribution < -0.4 is 4.74 Å². The van der Waals surface area contributed by atoms with Gasteiger partial charge in [-0.2, -0.15) is 0 Å². The molecule has 1 heterocycles. The summed E-state index contributed by atoms with van der Waals surface area (Å²) >= 11 is 3.67. The second-order valence-electron chi connectivity index (χ2n) is 5.47. The van der Waals surface area contributed by atoms with E-state index in [9.17, 15) is 4.79 Å². The van der Waals surface area contributed by atoms with Gasteiger partial charge in [-0.3, -0.25) is 4.79 Å². The fourth-order valence-corrected chi connectivity index (χ4v) is 3.06. The Kier molecular flexibility index (Phi) is 5.46. The van der Waals surface area contributed by atoms with Gasteiger partial charge < -0.3 is 9.64 Å². The van der Waals surface area contributed by atoms with E-state index in [2.05, 4.69) is 22.9 Å². The maximum Gasteiger partial charge on any atom is 0.222 e. The van der Waals surface area contributed by atoms with Crippen LogP contribution in [0.3, 0.4) is 0 Å². The van der Waals surface area contributed by atoms with Crippen LogP contribution in [0.2, 0.25) is 0 Å². The molecule has 1 aromatic rings. The van der Waals surface area contributed by atoms with Gasteiger partial charge in [-0.15, -0.1) is 0 Å². The summed E-state index contributed by atoms with van der Waals surface area (Å²) in [5.74, 6) is 1.77. The van der Waals surface area contributed by atoms with Crippen LogP contribution in [0.25, 0.3) is 0 Å². The number of methoxy groups -OCH3 is 1. The second-order valence-corrected chi connectivity index (χ2v) is 6.65. The van der Waals surface area contributed by atoms with Crippen LogP contribution in [-0.4, -0.2) is 35.8 Å². The lowest BCUT2D eigenvalue weighted by atomic mass is 9.98. The summed E-state index contributed by atoms with van der Waals surface area (Å²) in [6, 6.07) is 7.93. The number of benzene rings is 1. The van der Waals surface area contributed by atoms with Gasteiger partial charge in [0.1, 0.15) is 5.75 Å². The molecular weight excluding hydrogens is 318 g/mol. The molecule has 0 aromatic heterocycles. The fraction of sp³-hybridized carbons (Fsp3) is 0.562. The Morgan fingerprint density at radius 1 is 1.40 bits per heavy atom. The van der Waals surface area contributed by atoms with Crippen molar-refractivity contribution < 1.29 is 9.53 Å². The van der Waals surface area contributed by atoms with Crippen molar-refractivity contribution in [2.45, 2.75) is 31.0 Å². The fourth-order valence-electron chi connectivity index (χ4n) is 2.45. The Labute approximate surface area is 129 Å². The van der Waals surface area contributed by atoms with E-state index in [0.29, 0.717) is 17.2 Å². The number of rotatable bonds is 4. The molecule has 2 rings (SSSR count). The van der Waals surface area contributed by atoms with Gasteiger partial charge in [-0.05, 0) is 36.5 Å². The zero-order valence-electron chi connectivity index (χ0n) is 12.1. The maximum atomic E-state index is 12.2. The van der Waals surface area contributed by atoms with Crippen molar-refractivity contribution in [3.05, 3.63) is 29.8 Å². The maximum absolute atomic E-state index is 12.2. The number of hydrogen-bond acceptors (Lipinski definition) is 2. The molecule has 1 aliphatic heterocycles. The molecule has 2 atom stereocenters. The highest BCUT2D eigenvalue weighted by Gasteiger charge is 2.26. The average Bonchev–Trinajstić information content (AvgIpc) is 2.48. The highest BCUT2D eigenvalue weighted by atomic mass is 79.9. The van der Waals surface area contributed by atoms with Crippen LogP contribution in [0.4, 0.5) is 0 Å². The van der Waals surface area contributed by atoms with Crippen LogP contribution in [0.5, 0.6) is 5.75 Å². The van der Waals surface area contributed by atoms with Crippen molar-refractivity contribution in [3.63, 3.8) is 0 Å². The van der Waals surface area contributed by atoms with Crippen LogP contribution >= 0.6 is 15.9 Å². The molecule has 0 spiro atoms. The summed E-state index contributed by atoms with van der Waals surface area (Å²) < 4.78 is 5.13. The average molecular weight is 340 g/mol. The smallest absolute Gasteiger partial charge is 0.222 e. The van der Waals surface area contributed by atoms with E-state index >= 15 is 0 Å². The number of halogens is 1. The molecule has 110 valence electrons. The van der Waals surface area contributed by atoms with Gasteiger partial charge in [0, 0.05) is 24.3 Å². The van der Waals surface area contributed by atoms with E-state index in [1.54, 1.807) is 7.11 Å². The van der Waals surface area contributed by atoms with Crippen molar-refractivity contribution in [3.8, 4) is 5.75 Å². The van der Waals surface area contributed by atoms with E-state index in [4.69, 9.17) is 4.74 Å². The second kappa shape index (κ2) is 7.11. The number of amides is 1. The molecule has 2 unspecified atom stereocenters. The van der Waals surface area contributed by atoms with E-state index in [-0.39, 0.29) is 5.91 Å². The van der Waals surface area contributed by atoms with E-state index < -0.39 is 0 Å². The quantitative estimate of drug-likeness (QED) is 0.788. The van der Waals surface area contributed by atoms with E-state index in [1.165, 1.54) is 5.56 Å². The highest BCUT2D eigenvalue weighted by molar-refractivity contribution is 9.09. The summed E-state index contributed by atoms with van der Waals surface area (Å²) in [6.07, 6.45) is 2.46. The molecule has 1 amide bonds. The molecule has 0 aliphatic carbocycles. The van der Waals surface area contributed by atoms with Crippen molar-refractivity contribution in [1.82, 2.24) is 4.90 Å². The SMILES string of the molecule is COc1ccc(CCC(=O)N2CCC(C)C(Br)C2)cc1. The van der Waals surface area contributed by atoms with E-state index in [0.717, 1.165) is 31.7 Å². The minimum atomic E-state index is 0.261. The van der Waals surface area contributed by atoms with Crippen LogP contribution in [0.15, 0.2) is 24.3 Å². The topological polar surface area (TPSA) is 29.5 Å². The summed E-state index contributed by atoms with van der Waals surface area (Å²) in [6.45, 7) is 3.96. The Bertz CT molecular complexity index is 446. The molecule has 0 saturated carbocycles. The normalized spacial score (nSPS) is 22.6. The molecule has 1 aromatic carbocycles. The van der Waals surface area contributed by atoms with Crippen molar-refractivity contribution in [1.29, 1.82) is 0 Å². The first kappa shape index (κ1) is 15.4. The van der Waals surface area contributed by atoms with Gasteiger partial charge >= 0.3 is 0 Å². The predicted octanol–water partition coefficient (Wildman–Crippen LogP) is 3.26. The molecule has 0 N–H and O–H groups in total. The standard InChI is InChI=1S/C16H22BrNO2/c1-12-9-10-18(11-15(12)17)16(19)8-5-13-3-6-14(20-2)7-4-13/h3-4,6-7,12,15H,5,8-11H2,1-2H3. The molecule has 3 nitrogen and oxygen atoms in total. The first-order valence-corrected chi connectivity index (χ1v) is 8.06. The van der Waals surface area contributed by atoms with Crippen LogP contribution in [0, 0.1) is 5.92 Å². The van der Waals surface area contributed by atoms with Gasteiger partial charge in [0.15, 0.2) is 0 Å². The number of ether oxygens (including phenoxy) is 1. The van der Waals surface area contributed by atoms with Crippen LogP contribution in [-0.2, 0) is 11.2 Å². The third kappa shape index (κ3) is 3.98. The molecule has 0 bridgehead atoms. The number of aryl methyl sites for hydroxylation is 1. The Morgan fingerprint density at radius 2 is 2.10 bits per heavy atom. The molecule has 1 saturated heterocycles. The van der Waals surface area contributed by atoms with Gasteiger partial charge in [-0.1, -0.05) is 35.0 Å². The monoisotopic (exact) mass is 339 g/mol. The number of nitrogens with zero attached hydrogens (tertiary/aromatic N) is 1. The van der Waals surface area contributed by atoms with Crippen molar-refractivity contribution >= 4 is 21.8 Å². The third-order valence-corrected chi connectivity index (χ3v) is 5.20. The van der Waals surface area contributed by atoms with E-state index in [1.807, 2.05) is 29.2 Å². The first-order chi connectivity index (χ1) is 9.60. The summed E-state index contributed by atoms with van der Waals surface area (Å²) in [4.78, 5) is 14.6. The summed E-state index contributed by atoms with van der Waals surface area (Å²) in [7, 11) is 1.66. The number of alkyl halides is 1. The number of carbonyl (C=O) groups excluding carboxylic acids is 1. The summed E-state index contributed by atoms with van der Waals surface area (Å²) in [5, 5.41) is 0.